The summed E-state index contributed by atoms with van der Waals surface area (Å²) < 4.78 is 16.1. The molecule has 0 unspecified atom stereocenters. The summed E-state index contributed by atoms with van der Waals surface area (Å²) in [5, 5.41) is 2.87. The second kappa shape index (κ2) is 7.73. The molecule has 5 nitrogen and oxygen atoms in total. The number of amides is 1. The number of methoxy groups -OCH3 is 3. The Morgan fingerprint density at radius 1 is 0.917 bits per heavy atom. The number of carbonyl (C=O) groups excluding carboxylic acids is 1. The van der Waals surface area contributed by atoms with Crippen LogP contribution >= 0.6 is 0 Å². The molecule has 0 fully saturated rings. The Balaban J connectivity index is 2.36. The van der Waals surface area contributed by atoms with Gasteiger partial charge in [-0.3, -0.25) is 4.79 Å². The number of nitrogens with one attached hydrogen (secondary N) is 1. The Morgan fingerprint density at radius 3 is 1.88 bits per heavy atom. The summed E-state index contributed by atoms with van der Waals surface area (Å²) >= 11 is 0. The van der Waals surface area contributed by atoms with E-state index in [1.807, 2.05) is 43.3 Å². The van der Waals surface area contributed by atoms with Gasteiger partial charge in [-0.25, -0.2) is 0 Å². The topological polar surface area (TPSA) is 56.8 Å². The molecule has 2 aromatic rings. The van der Waals surface area contributed by atoms with Crippen molar-refractivity contribution >= 4 is 5.91 Å². The number of benzene rings is 2. The molecule has 0 aliphatic carbocycles. The van der Waals surface area contributed by atoms with Crippen molar-refractivity contribution in [3.63, 3.8) is 0 Å². The van der Waals surface area contributed by atoms with Gasteiger partial charge < -0.3 is 19.5 Å². The molecule has 1 N–H and O–H groups in total. The van der Waals surface area contributed by atoms with E-state index in [9.17, 15) is 4.79 Å². The van der Waals surface area contributed by atoms with Gasteiger partial charge in [-0.1, -0.05) is 24.3 Å². The van der Waals surface area contributed by atoms with E-state index in [4.69, 9.17) is 14.2 Å². The van der Waals surface area contributed by atoms with Crippen molar-refractivity contribution in [2.75, 3.05) is 21.3 Å². The predicted molar refractivity (Wildman–Crippen MR) is 93.8 cm³/mol. The van der Waals surface area contributed by atoms with Crippen LogP contribution in [0.3, 0.4) is 0 Å². The summed E-state index contributed by atoms with van der Waals surface area (Å²) in [6.45, 7) is 3.47. The Labute approximate surface area is 142 Å². The van der Waals surface area contributed by atoms with Gasteiger partial charge in [0.1, 0.15) is 0 Å². The quantitative estimate of drug-likeness (QED) is 0.880. The molecule has 2 rings (SSSR count). The highest BCUT2D eigenvalue weighted by Crippen LogP contribution is 2.41. The molecular weight excluding hydrogens is 306 g/mol. The lowest BCUT2D eigenvalue weighted by Gasteiger charge is -2.15. The summed E-state index contributed by atoms with van der Waals surface area (Å²) in [7, 11) is 4.77. The van der Waals surface area contributed by atoms with Gasteiger partial charge in [-0.2, -0.15) is 0 Å². The van der Waals surface area contributed by atoms with E-state index in [1.165, 1.54) is 6.92 Å². The molecule has 0 saturated carbocycles. The SMILES string of the molecule is COc1cc(-c2ccc([C@H](C)NC(C)=O)cc2)cc(OC)c1OC. The number of ether oxygens (including phenoxy) is 3. The zero-order valence-corrected chi connectivity index (χ0v) is 14.7. The fourth-order valence-electron chi connectivity index (χ4n) is 2.60. The van der Waals surface area contributed by atoms with Crippen molar-refractivity contribution < 1.29 is 19.0 Å². The van der Waals surface area contributed by atoms with Gasteiger partial charge in [0.2, 0.25) is 11.7 Å². The van der Waals surface area contributed by atoms with Crippen molar-refractivity contribution in [3.05, 3.63) is 42.0 Å². The minimum absolute atomic E-state index is 0.0310. The highest BCUT2D eigenvalue weighted by molar-refractivity contribution is 5.74. The van der Waals surface area contributed by atoms with Crippen LogP contribution in [0.5, 0.6) is 17.2 Å². The summed E-state index contributed by atoms with van der Waals surface area (Å²) in [6.07, 6.45) is 0. The number of hydrogen-bond acceptors (Lipinski definition) is 4. The smallest absolute Gasteiger partial charge is 0.217 e. The largest absolute Gasteiger partial charge is 0.493 e. The van der Waals surface area contributed by atoms with Crippen molar-refractivity contribution in [3.8, 4) is 28.4 Å². The molecule has 0 aliphatic heterocycles. The third kappa shape index (κ3) is 3.79. The van der Waals surface area contributed by atoms with Crippen LogP contribution in [0.1, 0.15) is 25.5 Å². The molecule has 0 aliphatic rings. The predicted octanol–water partition coefficient (Wildman–Crippen LogP) is 3.58. The molecule has 0 spiro atoms. The van der Waals surface area contributed by atoms with Crippen LogP contribution in [-0.2, 0) is 4.79 Å². The number of hydrogen-bond donors (Lipinski definition) is 1. The molecule has 0 saturated heterocycles. The lowest BCUT2D eigenvalue weighted by molar-refractivity contribution is -0.119. The Hall–Kier alpha value is -2.69. The molecular formula is C19H23NO4. The highest BCUT2D eigenvalue weighted by atomic mass is 16.5. The average molecular weight is 329 g/mol. The Kier molecular flexibility index (Phi) is 5.68. The van der Waals surface area contributed by atoms with Crippen LogP contribution in [-0.4, -0.2) is 27.2 Å². The van der Waals surface area contributed by atoms with E-state index in [0.717, 1.165) is 16.7 Å². The van der Waals surface area contributed by atoms with E-state index in [2.05, 4.69) is 5.32 Å². The van der Waals surface area contributed by atoms with Crippen LogP contribution in [0.4, 0.5) is 0 Å². The summed E-state index contributed by atoms with van der Waals surface area (Å²) in [5.74, 6) is 1.75. The Bertz CT molecular complexity index is 685. The van der Waals surface area contributed by atoms with Crippen molar-refractivity contribution in [2.24, 2.45) is 0 Å². The molecule has 1 amide bonds. The minimum Gasteiger partial charge on any atom is -0.493 e. The van der Waals surface area contributed by atoms with Crippen molar-refractivity contribution in [2.45, 2.75) is 19.9 Å². The van der Waals surface area contributed by atoms with Gasteiger partial charge in [-0.15, -0.1) is 0 Å². The molecule has 0 heterocycles. The number of carbonyl (C=O) groups is 1. The monoisotopic (exact) mass is 329 g/mol. The third-order valence-corrected chi connectivity index (χ3v) is 3.83. The summed E-state index contributed by atoms with van der Waals surface area (Å²) in [4.78, 5) is 11.2. The second-order valence-electron chi connectivity index (χ2n) is 5.46. The fraction of sp³-hybridized carbons (Fsp3) is 0.316. The van der Waals surface area contributed by atoms with Crippen LogP contribution in [0.25, 0.3) is 11.1 Å². The van der Waals surface area contributed by atoms with E-state index in [-0.39, 0.29) is 11.9 Å². The van der Waals surface area contributed by atoms with Gasteiger partial charge in [0.25, 0.3) is 0 Å². The highest BCUT2D eigenvalue weighted by Gasteiger charge is 2.14. The van der Waals surface area contributed by atoms with Crippen LogP contribution in [0.2, 0.25) is 0 Å². The first-order chi connectivity index (χ1) is 11.5. The molecule has 1 atom stereocenters. The van der Waals surface area contributed by atoms with Crippen molar-refractivity contribution in [1.29, 1.82) is 0 Å². The van der Waals surface area contributed by atoms with Crippen molar-refractivity contribution in [1.82, 2.24) is 5.32 Å². The van der Waals surface area contributed by atoms with Gasteiger partial charge in [0.15, 0.2) is 11.5 Å². The minimum atomic E-state index is -0.0452. The zero-order chi connectivity index (χ0) is 17.7. The van der Waals surface area contributed by atoms with Crippen LogP contribution < -0.4 is 19.5 Å². The maximum Gasteiger partial charge on any atom is 0.217 e. The first-order valence-electron chi connectivity index (χ1n) is 7.67. The van der Waals surface area contributed by atoms with Gasteiger partial charge in [-0.05, 0) is 35.7 Å². The van der Waals surface area contributed by atoms with Gasteiger partial charge in [0.05, 0.1) is 27.4 Å². The molecule has 5 heteroatoms. The lowest BCUT2D eigenvalue weighted by Crippen LogP contribution is -2.23. The third-order valence-electron chi connectivity index (χ3n) is 3.83. The number of rotatable bonds is 6. The second-order valence-corrected chi connectivity index (χ2v) is 5.46. The van der Waals surface area contributed by atoms with Crippen LogP contribution in [0, 0.1) is 0 Å². The fourth-order valence-corrected chi connectivity index (χ4v) is 2.60. The molecule has 128 valence electrons. The van der Waals surface area contributed by atoms with Gasteiger partial charge in [0, 0.05) is 6.92 Å². The van der Waals surface area contributed by atoms with Gasteiger partial charge >= 0.3 is 0 Å². The standard InChI is InChI=1S/C19H23NO4/c1-12(20-13(2)21)14-6-8-15(9-7-14)16-10-17(22-3)19(24-5)18(11-16)23-4/h6-12H,1-5H3,(H,20,21)/t12-/m0/s1. The van der Waals surface area contributed by atoms with Crippen LogP contribution in [0.15, 0.2) is 36.4 Å². The summed E-state index contributed by atoms with van der Waals surface area (Å²) in [5.41, 5.74) is 3.03. The molecule has 0 radical (unpaired) electrons. The first-order valence-corrected chi connectivity index (χ1v) is 7.67. The molecule has 2 aromatic carbocycles. The molecule has 24 heavy (non-hydrogen) atoms. The molecule has 0 aromatic heterocycles. The first kappa shape index (κ1) is 17.7. The molecule has 0 bridgehead atoms. The lowest BCUT2D eigenvalue weighted by atomic mass is 10.0. The van der Waals surface area contributed by atoms with E-state index < -0.39 is 0 Å². The maximum atomic E-state index is 11.2. The maximum absolute atomic E-state index is 11.2. The van der Waals surface area contributed by atoms with E-state index in [1.54, 1.807) is 21.3 Å². The normalized spacial score (nSPS) is 11.5. The Morgan fingerprint density at radius 2 is 1.46 bits per heavy atom. The average Bonchev–Trinajstić information content (AvgIpc) is 2.59. The zero-order valence-electron chi connectivity index (χ0n) is 14.7. The van der Waals surface area contributed by atoms with E-state index in [0.29, 0.717) is 17.2 Å². The summed E-state index contributed by atoms with van der Waals surface area (Å²) in [6, 6.07) is 11.8. The van der Waals surface area contributed by atoms with E-state index >= 15 is 0 Å².